The van der Waals surface area contributed by atoms with Crippen molar-refractivity contribution in [1.29, 1.82) is 0 Å². The van der Waals surface area contributed by atoms with Crippen LogP contribution in [0.4, 0.5) is 5.69 Å². The van der Waals surface area contributed by atoms with E-state index in [1.165, 1.54) is 17.0 Å². The molecule has 0 aliphatic rings. The summed E-state index contributed by atoms with van der Waals surface area (Å²) in [5, 5.41) is 3.43. The van der Waals surface area contributed by atoms with Gasteiger partial charge in [0.1, 0.15) is 12.6 Å². The Balaban J connectivity index is 1.78. The van der Waals surface area contributed by atoms with Crippen LogP contribution in [0, 0.1) is 3.57 Å². The van der Waals surface area contributed by atoms with E-state index in [2.05, 4.69) is 27.9 Å². The molecule has 0 fully saturated rings. The monoisotopic (exact) mass is 743 g/mol. The van der Waals surface area contributed by atoms with Crippen LogP contribution in [0.25, 0.3) is 0 Å². The number of rotatable bonds is 14. The third kappa shape index (κ3) is 8.83. The zero-order valence-corrected chi connectivity index (χ0v) is 28.1. The highest BCUT2D eigenvalue weighted by atomic mass is 127. The number of unbranched alkanes of at least 4 members (excludes halogenated alkanes) is 1. The molecule has 4 rings (SSSR count). The molecule has 0 heterocycles. The zero-order chi connectivity index (χ0) is 31.5. The van der Waals surface area contributed by atoms with Crippen molar-refractivity contribution < 1.29 is 18.0 Å². The molecule has 1 N–H and O–H groups in total. The second-order valence-electron chi connectivity index (χ2n) is 10.3. The lowest BCUT2D eigenvalue weighted by Crippen LogP contribution is -2.53. The van der Waals surface area contributed by atoms with Gasteiger partial charge in [0.25, 0.3) is 10.0 Å². The van der Waals surface area contributed by atoms with Crippen LogP contribution in [0.15, 0.2) is 114 Å². The minimum atomic E-state index is -4.14. The summed E-state index contributed by atoms with van der Waals surface area (Å²) in [4.78, 5) is 29.7. The highest BCUT2D eigenvalue weighted by Crippen LogP contribution is 2.26. The van der Waals surface area contributed by atoms with Gasteiger partial charge in [0.2, 0.25) is 11.8 Å². The fraction of sp³-hybridized carbons (Fsp3) is 0.235. The Kier molecular flexibility index (Phi) is 12.2. The van der Waals surface area contributed by atoms with Crippen LogP contribution in [0.1, 0.15) is 30.9 Å². The van der Waals surface area contributed by atoms with Crippen molar-refractivity contribution in [3.63, 3.8) is 0 Å². The summed E-state index contributed by atoms with van der Waals surface area (Å²) in [6, 6.07) is 30.6. The summed E-state index contributed by atoms with van der Waals surface area (Å²) in [6.07, 6.45) is 1.93. The van der Waals surface area contributed by atoms with Gasteiger partial charge in [-0.05, 0) is 82.6 Å². The van der Waals surface area contributed by atoms with E-state index in [9.17, 15) is 18.0 Å². The quantitative estimate of drug-likeness (QED) is 0.115. The molecule has 4 aromatic rings. The number of sulfonamides is 1. The molecule has 2 amide bonds. The van der Waals surface area contributed by atoms with E-state index < -0.39 is 28.5 Å². The Bertz CT molecular complexity index is 1640. The third-order valence-corrected chi connectivity index (χ3v) is 10.00. The fourth-order valence-corrected chi connectivity index (χ4v) is 6.72. The number of carbonyl (C=O) groups is 2. The van der Waals surface area contributed by atoms with Gasteiger partial charge in [0, 0.05) is 28.1 Å². The molecule has 44 heavy (non-hydrogen) atoms. The SMILES string of the molecule is CCCCNC(=O)[C@@H](Cc1ccccc1)N(Cc1ccccc1Cl)C(=O)CN(c1ccc(I)cc1)S(=O)(=O)c1ccccc1. The van der Waals surface area contributed by atoms with E-state index >= 15 is 0 Å². The molecule has 0 aliphatic carbocycles. The van der Waals surface area contributed by atoms with Crippen molar-refractivity contribution in [2.75, 3.05) is 17.4 Å². The molecular weight excluding hydrogens is 709 g/mol. The number of carbonyl (C=O) groups excluding carboxylic acids is 2. The van der Waals surface area contributed by atoms with Gasteiger partial charge >= 0.3 is 0 Å². The number of nitrogens with one attached hydrogen (secondary N) is 1. The lowest BCUT2D eigenvalue weighted by atomic mass is 10.0. The highest BCUT2D eigenvalue weighted by molar-refractivity contribution is 14.1. The van der Waals surface area contributed by atoms with Crippen molar-refractivity contribution in [3.05, 3.63) is 129 Å². The zero-order valence-electron chi connectivity index (χ0n) is 24.4. The lowest BCUT2D eigenvalue weighted by molar-refractivity contribution is -0.140. The molecule has 7 nitrogen and oxygen atoms in total. The number of amides is 2. The molecule has 0 spiro atoms. The van der Waals surface area contributed by atoms with E-state index in [0.717, 1.165) is 26.3 Å². The molecule has 0 unspecified atom stereocenters. The van der Waals surface area contributed by atoms with E-state index in [1.807, 2.05) is 43.3 Å². The summed E-state index contributed by atoms with van der Waals surface area (Å²) in [7, 11) is -4.14. The normalized spacial score (nSPS) is 11.9. The first-order valence-electron chi connectivity index (χ1n) is 14.4. The van der Waals surface area contributed by atoms with Crippen LogP contribution in [-0.2, 0) is 32.6 Å². The summed E-state index contributed by atoms with van der Waals surface area (Å²) in [5.74, 6) is -0.844. The molecular formula is C34H35ClIN3O4S. The summed E-state index contributed by atoms with van der Waals surface area (Å²) < 4.78 is 30.0. The molecule has 1 atom stereocenters. The molecule has 0 radical (unpaired) electrons. The van der Waals surface area contributed by atoms with Crippen molar-refractivity contribution in [2.24, 2.45) is 0 Å². The average molecular weight is 744 g/mol. The molecule has 0 saturated carbocycles. The van der Waals surface area contributed by atoms with Crippen molar-refractivity contribution in [2.45, 2.75) is 43.7 Å². The van der Waals surface area contributed by atoms with Crippen LogP contribution in [0.2, 0.25) is 5.02 Å². The predicted octanol–water partition coefficient (Wildman–Crippen LogP) is 6.70. The second kappa shape index (κ2) is 16.1. The Morgan fingerprint density at radius 1 is 0.864 bits per heavy atom. The van der Waals surface area contributed by atoms with Gasteiger partial charge in [-0.3, -0.25) is 13.9 Å². The maximum atomic E-state index is 14.4. The standard InChI is InChI=1S/C34H35ClIN3O4S/c1-2-3-22-37-34(41)32(23-26-12-6-4-7-13-26)38(24-27-14-10-11-17-31(27)35)33(40)25-39(29-20-18-28(36)19-21-29)44(42,43)30-15-8-5-9-16-30/h4-21,32H,2-3,22-25H2,1H3,(H,37,41)/t32-/m1/s1. The van der Waals surface area contributed by atoms with Crippen molar-refractivity contribution in [1.82, 2.24) is 10.2 Å². The van der Waals surface area contributed by atoms with E-state index in [0.29, 0.717) is 22.8 Å². The van der Waals surface area contributed by atoms with Gasteiger partial charge in [-0.15, -0.1) is 0 Å². The summed E-state index contributed by atoms with van der Waals surface area (Å²) in [5.41, 5.74) is 1.85. The second-order valence-corrected chi connectivity index (χ2v) is 13.8. The molecule has 230 valence electrons. The number of benzene rings is 4. The first-order chi connectivity index (χ1) is 21.2. The summed E-state index contributed by atoms with van der Waals surface area (Å²) in [6.45, 7) is 2.00. The van der Waals surface area contributed by atoms with E-state index in [-0.39, 0.29) is 23.8 Å². The molecule has 0 bridgehead atoms. The van der Waals surface area contributed by atoms with Gasteiger partial charge in [0.15, 0.2) is 0 Å². The topological polar surface area (TPSA) is 86.8 Å². The number of hydrogen-bond donors (Lipinski definition) is 1. The number of hydrogen-bond acceptors (Lipinski definition) is 4. The van der Waals surface area contributed by atoms with Crippen LogP contribution in [-0.4, -0.2) is 44.3 Å². The van der Waals surface area contributed by atoms with Gasteiger partial charge in [-0.1, -0.05) is 91.7 Å². The maximum absolute atomic E-state index is 14.4. The highest BCUT2D eigenvalue weighted by Gasteiger charge is 2.34. The predicted molar refractivity (Wildman–Crippen MR) is 184 cm³/mol. The Morgan fingerprint density at radius 3 is 2.11 bits per heavy atom. The lowest BCUT2D eigenvalue weighted by Gasteiger charge is -2.34. The average Bonchev–Trinajstić information content (AvgIpc) is 3.03. The smallest absolute Gasteiger partial charge is 0.264 e. The number of halogens is 2. The molecule has 10 heteroatoms. The van der Waals surface area contributed by atoms with Crippen LogP contribution >= 0.6 is 34.2 Å². The third-order valence-electron chi connectivity index (χ3n) is 7.12. The first kappa shape index (κ1) is 33.5. The summed E-state index contributed by atoms with van der Waals surface area (Å²) >= 11 is 8.69. The Labute approximate surface area is 278 Å². The first-order valence-corrected chi connectivity index (χ1v) is 17.3. The van der Waals surface area contributed by atoms with Crippen LogP contribution in [0.5, 0.6) is 0 Å². The van der Waals surface area contributed by atoms with Gasteiger partial charge < -0.3 is 10.2 Å². The molecule has 4 aromatic carbocycles. The fourth-order valence-electron chi connectivity index (χ4n) is 4.73. The van der Waals surface area contributed by atoms with Gasteiger partial charge in [-0.25, -0.2) is 8.42 Å². The minimum Gasteiger partial charge on any atom is -0.354 e. The minimum absolute atomic E-state index is 0.0170. The van der Waals surface area contributed by atoms with Gasteiger partial charge in [-0.2, -0.15) is 0 Å². The number of anilines is 1. The van der Waals surface area contributed by atoms with E-state index in [1.54, 1.807) is 60.7 Å². The van der Waals surface area contributed by atoms with Crippen molar-refractivity contribution in [3.8, 4) is 0 Å². The Morgan fingerprint density at radius 2 is 1.48 bits per heavy atom. The van der Waals surface area contributed by atoms with Crippen LogP contribution < -0.4 is 9.62 Å². The molecule has 0 saturated heterocycles. The van der Waals surface area contributed by atoms with Gasteiger partial charge in [0.05, 0.1) is 10.6 Å². The molecule has 0 aromatic heterocycles. The van der Waals surface area contributed by atoms with Crippen molar-refractivity contribution >= 4 is 61.7 Å². The Hall–Kier alpha value is -3.41. The maximum Gasteiger partial charge on any atom is 0.264 e. The van der Waals surface area contributed by atoms with Crippen LogP contribution in [0.3, 0.4) is 0 Å². The molecule has 0 aliphatic heterocycles. The van der Waals surface area contributed by atoms with E-state index in [4.69, 9.17) is 11.6 Å². The number of nitrogens with zero attached hydrogens (tertiary/aromatic N) is 2. The largest absolute Gasteiger partial charge is 0.354 e.